The zero-order valence-corrected chi connectivity index (χ0v) is 15.5. The molecule has 2 N–H and O–H groups in total. The van der Waals surface area contributed by atoms with Crippen molar-refractivity contribution in [1.82, 2.24) is 10.6 Å². The average Bonchev–Trinajstić information content (AvgIpc) is 2.63. The number of hydrogen-bond acceptors (Lipinski definition) is 3. The van der Waals surface area contributed by atoms with Gasteiger partial charge < -0.3 is 10.6 Å². The Morgan fingerprint density at radius 1 is 1.47 bits per heavy atom. The Hall–Kier alpha value is 0.380. The third-order valence-electron chi connectivity index (χ3n) is 3.42. The molecule has 7 heteroatoms. The third-order valence-corrected chi connectivity index (χ3v) is 5.76. The number of amides is 1. The van der Waals surface area contributed by atoms with Crippen LogP contribution in [-0.4, -0.2) is 24.5 Å². The second kappa shape index (κ2) is 7.41. The fourth-order valence-corrected chi connectivity index (χ4v) is 5.12. The molecule has 1 aliphatic rings. The van der Waals surface area contributed by atoms with Crippen molar-refractivity contribution in [3.8, 4) is 0 Å². The summed E-state index contributed by atoms with van der Waals surface area (Å²) in [6, 6.07) is 2.37. The average molecular weight is 433 g/mol. The highest BCUT2D eigenvalue weighted by molar-refractivity contribution is 9.12. The molecule has 1 fully saturated rings. The van der Waals surface area contributed by atoms with Gasteiger partial charge in [-0.3, -0.25) is 4.79 Å². The van der Waals surface area contributed by atoms with E-state index < -0.39 is 0 Å². The fraction of sp³-hybridized carbons (Fsp3) is 0.583. The Morgan fingerprint density at radius 3 is 2.68 bits per heavy atom. The van der Waals surface area contributed by atoms with Crippen molar-refractivity contribution >= 4 is 61.5 Å². The molecule has 0 saturated carbocycles. The first-order valence-corrected chi connectivity index (χ1v) is 8.38. The highest BCUT2D eigenvalue weighted by Gasteiger charge is 2.29. The predicted octanol–water partition coefficient (Wildman–Crippen LogP) is 3.81. The second-order valence-corrected chi connectivity index (χ2v) is 8.50. The number of thiophene rings is 1. The first kappa shape index (κ1) is 17.4. The highest BCUT2D eigenvalue weighted by Crippen LogP contribution is 2.32. The summed E-state index contributed by atoms with van der Waals surface area (Å²) in [7, 11) is 0. The van der Waals surface area contributed by atoms with Gasteiger partial charge in [0, 0.05) is 12.1 Å². The van der Waals surface area contributed by atoms with E-state index in [9.17, 15) is 4.79 Å². The van der Waals surface area contributed by atoms with Gasteiger partial charge in [-0.15, -0.1) is 23.7 Å². The van der Waals surface area contributed by atoms with E-state index in [1.807, 2.05) is 6.07 Å². The first-order chi connectivity index (χ1) is 8.49. The van der Waals surface area contributed by atoms with Gasteiger partial charge in [0.1, 0.15) is 0 Å². The van der Waals surface area contributed by atoms with Crippen molar-refractivity contribution in [3.05, 3.63) is 19.2 Å². The van der Waals surface area contributed by atoms with E-state index in [1.165, 1.54) is 11.3 Å². The smallest absolute Gasteiger partial charge is 0.253 e. The summed E-state index contributed by atoms with van der Waals surface area (Å²) in [5, 5.41) is 6.55. The van der Waals surface area contributed by atoms with E-state index in [0.717, 1.165) is 20.5 Å². The second-order valence-electron chi connectivity index (χ2n) is 4.75. The third kappa shape index (κ3) is 4.17. The highest BCUT2D eigenvalue weighted by atomic mass is 79.9. The monoisotopic (exact) mass is 430 g/mol. The summed E-state index contributed by atoms with van der Waals surface area (Å²) >= 11 is 8.34. The van der Waals surface area contributed by atoms with E-state index in [1.54, 1.807) is 0 Å². The maximum atomic E-state index is 12.3. The van der Waals surface area contributed by atoms with Crippen molar-refractivity contribution in [2.75, 3.05) is 6.54 Å². The van der Waals surface area contributed by atoms with Crippen LogP contribution in [0.5, 0.6) is 0 Å². The minimum absolute atomic E-state index is 0. The zero-order valence-electron chi connectivity index (χ0n) is 10.7. The van der Waals surface area contributed by atoms with Crippen LogP contribution in [0.25, 0.3) is 0 Å². The van der Waals surface area contributed by atoms with Crippen LogP contribution < -0.4 is 10.6 Å². The number of carbonyl (C=O) groups excluding carboxylic acids is 1. The van der Waals surface area contributed by atoms with Crippen molar-refractivity contribution in [2.24, 2.45) is 5.92 Å². The van der Waals surface area contributed by atoms with Crippen LogP contribution >= 0.6 is 55.6 Å². The zero-order chi connectivity index (χ0) is 13.3. The SMILES string of the molecule is CC1CCNC(C)C1NC(=O)c1cc(Br)sc1Br.Cl. The molecule has 1 amide bonds. The Morgan fingerprint density at radius 2 is 2.16 bits per heavy atom. The van der Waals surface area contributed by atoms with Gasteiger partial charge in [0.15, 0.2) is 0 Å². The summed E-state index contributed by atoms with van der Waals surface area (Å²) in [5.74, 6) is 0.502. The van der Waals surface area contributed by atoms with Crippen LogP contribution in [0.3, 0.4) is 0 Å². The van der Waals surface area contributed by atoms with E-state index in [-0.39, 0.29) is 24.4 Å². The standard InChI is InChI=1S/C12H16Br2N2OS.ClH/c1-6-3-4-15-7(2)10(6)16-12(17)8-5-9(13)18-11(8)14;/h5-7,10,15H,3-4H2,1-2H3,(H,16,17);1H. The van der Waals surface area contributed by atoms with Crippen LogP contribution in [0.1, 0.15) is 30.6 Å². The minimum Gasteiger partial charge on any atom is -0.347 e. The molecule has 0 spiro atoms. The molecule has 1 aliphatic heterocycles. The van der Waals surface area contributed by atoms with Gasteiger partial charge >= 0.3 is 0 Å². The van der Waals surface area contributed by atoms with Crippen molar-refractivity contribution < 1.29 is 4.79 Å². The van der Waals surface area contributed by atoms with Gasteiger partial charge in [-0.2, -0.15) is 0 Å². The van der Waals surface area contributed by atoms with Crippen LogP contribution in [-0.2, 0) is 0 Å². The normalized spacial score (nSPS) is 26.6. The molecule has 0 aromatic carbocycles. The first-order valence-electron chi connectivity index (χ1n) is 5.98. The largest absolute Gasteiger partial charge is 0.347 e. The van der Waals surface area contributed by atoms with Gasteiger partial charge in [-0.1, -0.05) is 6.92 Å². The van der Waals surface area contributed by atoms with Gasteiger partial charge in [0.2, 0.25) is 0 Å². The Bertz CT molecular complexity index is 445. The lowest BCUT2D eigenvalue weighted by molar-refractivity contribution is 0.0897. The quantitative estimate of drug-likeness (QED) is 0.746. The molecule has 2 heterocycles. The number of piperidine rings is 1. The molecule has 2 rings (SSSR count). The van der Waals surface area contributed by atoms with E-state index in [4.69, 9.17) is 0 Å². The Labute approximate surface area is 140 Å². The topological polar surface area (TPSA) is 41.1 Å². The molecule has 19 heavy (non-hydrogen) atoms. The molecule has 3 unspecified atom stereocenters. The van der Waals surface area contributed by atoms with Crippen molar-refractivity contribution in [3.63, 3.8) is 0 Å². The molecule has 0 aliphatic carbocycles. The molecular weight excluding hydrogens is 415 g/mol. The molecule has 3 nitrogen and oxygen atoms in total. The molecule has 0 bridgehead atoms. The van der Waals surface area contributed by atoms with Crippen LogP contribution in [0.4, 0.5) is 0 Å². The minimum atomic E-state index is -0.00350. The molecule has 1 saturated heterocycles. The lowest BCUT2D eigenvalue weighted by Crippen LogP contribution is -2.55. The maximum Gasteiger partial charge on any atom is 0.253 e. The van der Waals surface area contributed by atoms with Crippen molar-refractivity contribution in [2.45, 2.75) is 32.4 Å². The number of carbonyl (C=O) groups is 1. The van der Waals surface area contributed by atoms with Crippen molar-refractivity contribution in [1.29, 1.82) is 0 Å². The lowest BCUT2D eigenvalue weighted by Gasteiger charge is -2.35. The summed E-state index contributed by atoms with van der Waals surface area (Å²) in [4.78, 5) is 12.3. The van der Waals surface area contributed by atoms with Gasteiger partial charge in [-0.05, 0) is 63.7 Å². The molecule has 1 aromatic heterocycles. The molecule has 1 aromatic rings. The summed E-state index contributed by atoms with van der Waals surface area (Å²) in [5.41, 5.74) is 0.705. The van der Waals surface area contributed by atoms with Crippen LogP contribution in [0, 0.1) is 5.92 Å². The summed E-state index contributed by atoms with van der Waals surface area (Å²) in [6.07, 6.45) is 1.10. The maximum absolute atomic E-state index is 12.3. The molecule has 3 atom stereocenters. The molecule has 0 radical (unpaired) electrons. The predicted molar refractivity (Wildman–Crippen MR) is 89.5 cm³/mol. The number of halogens is 3. The number of nitrogens with one attached hydrogen (secondary N) is 2. The van der Waals surface area contributed by atoms with Gasteiger partial charge in [-0.25, -0.2) is 0 Å². The summed E-state index contributed by atoms with van der Waals surface area (Å²) in [6.45, 7) is 5.35. The van der Waals surface area contributed by atoms with E-state index >= 15 is 0 Å². The summed E-state index contributed by atoms with van der Waals surface area (Å²) < 4.78 is 1.83. The fourth-order valence-electron chi connectivity index (χ4n) is 2.33. The van der Waals surface area contributed by atoms with E-state index in [2.05, 4.69) is 56.3 Å². The Balaban J connectivity index is 0.00000180. The lowest BCUT2D eigenvalue weighted by atomic mass is 9.89. The molecule has 108 valence electrons. The van der Waals surface area contributed by atoms with Crippen LogP contribution in [0.2, 0.25) is 0 Å². The molecular formula is C12H17Br2ClN2OS. The van der Waals surface area contributed by atoms with Gasteiger partial charge in [0.25, 0.3) is 5.91 Å². The number of rotatable bonds is 2. The van der Waals surface area contributed by atoms with Gasteiger partial charge in [0.05, 0.1) is 13.1 Å². The van der Waals surface area contributed by atoms with E-state index in [0.29, 0.717) is 17.5 Å². The van der Waals surface area contributed by atoms with Crippen LogP contribution in [0.15, 0.2) is 13.6 Å². The number of hydrogen-bond donors (Lipinski definition) is 2. The Kier molecular flexibility index (Phi) is 6.79.